The maximum atomic E-state index is 6.00. The summed E-state index contributed by atoms with van der Waals surface area (Å²) in [6.45, 7) is 2.29. The molecule has 4 N–H and O–H groups in total. The first-order valence-electron chi connectivity index (χ1n) is 10.4. The Bertz CT molecular complexity index is 414. The molecule has 0 aliphatic heterocycles. The summed E-state index contributed by atoms with van der Waals surface area (Å²) < 4.78 is 0. The molecule has 138 valence electrons. The maximum absolute atomic E-state index is 6.00. The zero-order chi connectivity index (χ0) is 17.5. The van der Waals surface area contributed by atoms with Gasteiger partial charge in [0.2, 0.25) is 0 Å². The summed E-state index contributed by atoms with van der Waals surface area (Å²) >= 11 is 0. The lowest BCUT2D eigenvalue weighted by Crippen LogP contribution is -1.96. The SMILES string of the molecule is CCCCCCCCCCCCCCCCc1ccc(N)cc1N. The summed E-state index contributed by atoms with van der Waals surface area (Å²) in [6.07, 6.45) is 20.7. The van der Waals surface area contributed by atoms with Gasteiger partial charge < -0.3 is 11.5 Å². The van der Waals surface area contributed by atoms with Crippen molar-refractivity contribution >= 4 is 11.4 Å². The van der Waals surface area contributed by atoms with Crippen LogP contribution in [0.25, 0.3) is 0 Å². The van der Waals surface area contributed by atoms with Crippen molar-refractivity contribution in [1.82, 2.24) is 0 Å². The fourth-order valence-electron chi connectivity index (χ4n) is 3.35. The van der Waals surface area contributed by atoms with Crippen LogP contribution in [0.2, 0.25) is 0 Å². The third kappa shape index (κ3) is 10.6. The van der Waals surface area contributed by atoms with Crippen LogP contribution >= 0.6 is 0 Å². The molecule has 0 saturated carbocycles. The molecule has 1 aromatic rings. The van der Waals surface area contributed by atoms with Crippen LogP contribution in [0.1, 0.15) is 102 Å². The van der Waals surface area contributed by atoms with E-state index in [1.807, 2.05) is 12.1 Å². The second-order valence-corrected chi connectivity index (χ2v) is 7.30. The first kappa shape index (κ1) is 20.9. The second kappa shape index (κ2) is 14.2. The van der Waals surface area contributed by atoms with Crippen LogP contribution in [-0.4, -0.2) is 0 Å². The number of unbranched alkanes of at least 4 members (excludes halogenated alkanes) is 13. The molecule has 0 bridgehead atoms. The Morgan fingerprint density at radius 1 is 0.625 bits per heavy atom. The van der Waals surface area contributed by atoms with E-state index in [2.05, 4.69) is 13.0 Å². The van der Waals surface area contributed by atoms with Crippen molar-refractivity contribution in [3.05, 3.63) is 23.8 Å². The Balaban J connectivity index is 1.84. The molecule has 1 rings (SSSR count). The quantitative estimate of drug-likeness (QED) is 0.272. The monoisotopic (exact) mass is 332 g/mol. The van der Waals surface area contributed by atoms with Gasteiger partial charge >= 0.3 is 0 Å². The van der Waals surface area contributed by atoms with Gasteiger partial charge in [-0.3, -0.25) is 0 Å². The normalized spacial score (nSPS) is 11.0. The number of anilines is 2. The van der Waals surface area contributed by atoms with Crippen LogP contribution in [0.5, 0.6) is 0 Å². The smallest absolute Gasteiger partial charge is 0.0367 e. The molecule has 0 spiro atoms. The molecular formula is C22H40N2. The average molecular weight is 333 g/mol. The Kier molecular flexibility index (Phi) is 12.3. The Hall–Kier alpha value is -1.18. The van der Waals surface area contributed by atoms with Gasteiger partial charge in [-0.25, -0.2) is 0 Å². The topological polar surface area (TPSA) is 52.0 Å². The maximum Gasteiger partial charge on any atom is 0.0367 e. The molecule has 1 aromatic carbocycles. The lowest BCUT2D eigenvalue weighted by Gasteiger charge is -2.06. The van der Waals surface area contributed by atoms with E-state index in [1.54, 1.807) is 0 Å². The predicted octanol–water partition coefficient (Wildman–Crippen LogP) is 6.87. The molecule has 0 fully saturated rings. The molecule has 2 nitrogen and oxygen atoms in total. The molecule has 0 amide bonds. The van der Waals surface area contributed by atoms with Crippen molar-refractivity contribution in [1.29, 1.82) is 0 Å². The summed E-state index contributed by atoms with van der Waals surface area (Å²) in [6, 6.07) is 5.90. The van der Waals surface area contributed by atoms with Gasteiger partial charge in [0.05, 0.1) is 0 Å². The Morgan fingerprint density at radius 3 is 1.54 bits per heavy atom. The van der Waals surface area contributed by atoms with Crippen molar-refractivity contribution in [2.45, 2.75) is 103 Å². The van der Waals surface area contributed by atoms with Crippen LogP contribution in [-0.2, 0) is 6.42 Å². The van der Waals surface area contributed by atoms with E-state index in [-0.39, 0.29) is 0 Å². The molecule has 24 heavy (non-hydrogen) atoms. The highest BCUT2D eigenvalue weighted by Crippen LogP contribution is 2.19. The summed E-state index contributed by atoms with van der Waals surface area (Å²) in [4.78, 5) is 0. The van der Waals surface area contributed by atoms with Crippen molar-refractivity contribution in [3.8, 4) is 0 Å². The summed E-state index contributed by atoms with van der Waals surface area (Å²) in [5.41, 5.74) is 14.6. The number of aryl methyl sites for hydroxylation is 1. The Morgan fingerprint density at radius 2 is 1.08 bits per heavy atom. The van der Waals surface area contributed by atoms with Gasteiger partial charge in [0.15, 0.2) is 0 Å². The molecule has 0 aromatic heterocycles. The average Bonchev–Trinajstić information content (AvgIpc) is 2.57. The fraction of sp³-hybridized carbons (Fsp3) is 0.727. The number of hydrogen-bond acceptors (Lipinski definition) is 2. The molecule has 0 radical (unpaired) electrons. The predicted molar refractivity (Wildman–Crippen MR) is 109 cm³/mol. The zero-order valence-corrected chi connectivity index (χ0v) is 16.0. The molecule has 0 unspecified atom stereocenters. The highest BCUT2D eigenvalue weighted by atomic mass is 14.6. The minimum Gasteiger partial charge on any atom is -0.399 e. The molecule has 0 atom stereocenters. The fourth-order valence-corrected chi connectivity index (χ4v) is 3.35. The van der Waals surface area contributed by atoms with Crippen LogP contribution in [0, 0.1) is 0 Å². The van der Waals surface area contributed by atoms with E-state index in [0.29, 0.717) is 0 Å². The van der Waals surface area contributed by atoms with Crippen LogP contribution in [0.15, 0.2) is 18.2 Å². The van der Waals surface area contributed by atoms with E-state index >= 15 is 0 Å². The van der Waals surface area contributed by atoms with Crippen LogP contribution < -0.4 is 11.5 Å². The largest absolute Gasteiger partial charge is 0.399 e. The van der Waals surface area contributed by atoms with Crippen molar-refractivity contribution < 1.29 is 0 Å². The van der Waals surface area contributed by atoms with Gasteiger partial charge in [0.25, 0.3) is 0 Å². The first-order chi connectivity index (χ1) is 11.7. The minimum absolute atomic E-state index is 0.761. The van der Waals surface area contributed by atoms with Crippen LogP contribution in [0.3, 0.4) is 0 Å². The lowest BCUT2D eigenvalue weighted by molar-refractivity contribution is 0.535. The number of hydrogen-bond donors (Lipinski definition) is 2. The standard InChI is InChI=1S/C22H40N2/c1-2-3-4-5-6-7-8-9-10-11-12-13-14-15-16-20-17-18-21(23)19-22(20)24/h17-19H,2-16,23-24H2,1H3. The van der Waals surface area contributed by atoms with Gasteiger partial charge in [0, 0.05) is 11.4 Å². The summed E-state index contributed by atoms with van der Waals surface area (Å²) in [7, 11) is 0. The van der Waals surface area contributed by atoms with E-state index in [1.165, 1.54) is 95.5 Å². The molecule has 0 saturated heterocycles. The van der Waals surface area contributed by atoms with Gasteiger partial charge in [-0.05, 0) is 30.5 Å². The molecular weight excluding hydrogens is 292 g/mol. The van der Waals surface area contributed by atoms with E-state index in [4.69, 9.17) is 11.5 Å². The third-order valence-corrected chi connectivity index (χ3v) is 4.97. The number of nitrogen functional groups attached to an aromatic ring is 2. The van der Waals surface area contributed by atoms with Crippen molar-refractivity contribution in [2.75, 3.05) is 11.5 Å². The first-order valence-corrected chi connectivity index (χ1v) is 10.4. The molecule has 2 heteroatoms. The van der Waals surface area contributed by atoms with Gasteiger partial charge in [-0.15, -0.1) is 0 Å². The van der Waals surface area contributed by atoms with Crippen molar-refractivity contribution in [3.63, 3.8) is 0 Å². The highest BCUT2D eigenvalue weighted by molar-refractivity contribution is 5.56. The molecule has 0 aliphatic carbocycles. The summed E-state index contributed by atoms with van der Waals surface area (Å²) in [5, 5.41) is 0. The van der Waals surface area contributed by atoms with Crippen LogP contribution in [0.4, 0.5) is 11.4 Å². The van der Waals surface area contributed by atoms with Gasteiger partial charge in [-0.2, -0.15) is 0 Å². The van der Waals surface area contributed by atoms with E-state index in [9.17, 15) is 0 Å². The lowest BCUT2D eigenvalue weighted by atomic mass is 10.0. The number of nitrogens with two attached hydrogens (primary N) is 2. The zero-order valence-electron chi connectivity index (χ0n) is 16.0. The van der Waals surface area contributed by atoms with E-state index < -0.39 is 0 Å². The minimum atomic E-state index is 0.761. The number of benzene rings is 1. The highest BCUT2D eigenvalue weighted by Gasteiger charge is 2.00. The van der Waals surface area contributed by atoms with Gasteiger partial charge in [-0.1, -0.05) is 96.5 Å². The molecule has 0 heterocycles. The number of rotatable bonds is 15. The Labute approximate surface area is 150 Å². The summed E-state index contributed by atoms with van der Waals surface area (Å²) in [5.74, 6) is 0. The third-order valence-electron chi connectivity index (χ3n) is 4.97. The van der Waals surface area contributed by atoms with Crippen molar-refractivity contribution in [2.24, 2.45) is 0 Å². The second-order valence-electron chi connectivity index (χ2n) is 7.30. The van der Waals surface area contributed by atoms with Gasteiger partial charge in [0.1, 0.15) is 0 Å². The van der Waals surface area contributed by atoms with E-state index in [0.717, 1.165) is 17.8 Å². The molecule has 0 aliphatic rings.